The molecule has 4 heteroatoms. The molecule has 0 atom stereocenters. The van der Waals surface area contributed by atoms with E-state index in [0.717, 1.165) is 38.1 Å². The number of benzene rings is 1. The van der Waals surface area contributed by atoms with Gasteiger partial charge in [-0.15, -0.1) is 0 Å². The van der Waals surface area contributed by atoms with E-state index in [-0.39, 0.29) is 11.3 Å². The molecule has 2 nitrogen and oxygen atoms in total. The molecule has 0 spiro atoms. The van der Waals surface area contributed by atoms with Crippen LogP contribution in [0.1, 0.15) is 29.6 Å². The monoisotopic (exact) mass is 239 g/mol. The van der Waals surface area contributed by atoms with E-state index in [4.69, 9.17) is 0 Å². The standard InChI is InChI=1S/C13H15F2NO/c14-10-1-2-11(12(15)8-10)13(17)7-9-3-5-16-6-4-9/h1-2,8-9,16H,3-7H2. The van der Waals surface area contributed by atoms with Crippen LogP contribution >= 0.6 is 0 Å². The van der Waals surface area contributed by atoms with Crippen molar-refractivity contribution in [3.05, 3.63) is 35.4 Å². The van der Waals surface area contributed by atoms with Crippen molar-refractivity contribution in [3.8, 4) is 0 Å². The summed E-state index contributed by atoms with van der Waals surface area (Å²) in [6.07, 6.45) is 2.23. The summed E-state index contributed by atoms with van der Waals surface area (Å²) < 4.78 is 26.1. The lowest BCUT2D eigenvalue weighted by molar-refractivity contribution is 0.0948. The second-order valence-electron chi connectivity index (χ2n) is 4.44. The zero-order chi connectivity index (χ0) is 12.3. The number of piperidine rings is 1. The topological polar surface area (TPSA) is 29.1 Å². The fraction of sp³-hybridized carbons (Fsp3) is 0.462. The van der Waals surface area contributed by atoms with E-state index in [1.54, 1.807) is 0 Å². The Labute approximate surface area is 99.0 Å². The first-order valence-corrected chi connectivity index (χ1v) is 5.86. The summed E-state index contributed by atoms with van der Waals surface area (Å²) in [6, 6.07) is 3.11. The Hall–Kier alpha value is -1.29. The lowest BCUT2D eigenvalue weighted by Gasteiger charge is -2.21. The van der Waals surface area contributed by atoms with Gasteiger partial charge in [0.25, 0.3) is 0 Å². The van der Waals surface area contributed by atoms with Crippen LogP contribution in [0.4, 0.5) is 8.78 Å². The van der Waals surface area contributed by atoms with E-state index >= 15 is 0 Å². The van der Waals surface area contributed by atoms with Crippen LogP contribution in [0.15, 0.2) is 18.2 Å². The molecule has 0 aliphatic carbocycles. The van der Waals surface area contributed by atoms with Crippen molar-refractivity contribution in [2.24, 2.45) is 5.92 Å². The van der Waals surface area contributed by atoms with Gasteiger partial charge in [-0.25, -0.2) is 8.78 Å². The highest BCUT2D eigenvalue weighted by molar-refractivity contribution is 5.96. The van der Waals surface area contributed by atoms with Crippen LogP contribution in [0.2, 0.25) is 0 Å². The fourth-order valence-electron chi connectivity index (χ4n) is 2.17. The van der Waals surface area contributed by atoms with Crippen LogP contribution in [-0.4, -0.2) is 18.9 Å². The van der Waals surface area contributed by atoms with Gasteiger partial charge in [0, 0.05) is 12.5 Å². The van der Waals surface area contributed by atoms with Gasteiger partial charge in [0.1, 0.15) is 11.6 Å². The second-order valence-corrected chi connectivity index (χ2v) is 4.44. The van der Waals surface area contributed by atoms with Crippen molar-refractivity contribution >= 4 is 5.78 Å². The first-order chi connectivity index (χ1) is 8.16. The van der Waals surface area contributed by atoms with E-state index < -0.39 is 11.6 Å². The number of Topliss-reactive ketones (excluding diaryl/α,β-unsaturated/α-hetero) is 1. The molecule has 0 bridgehead atoms. The number of carbonyl (C=O) groups is 1. The van der Waals surface area contributed by atoms with Crippen LogP contribution in [0, 0.1) is 17.6 Å². The smallest absolute Gasteiger partial charge is 0.166 e. The van der Waals surface area contributed by atoms with Crippen LogP contribution < -0.4 is 5.32 Å². The molecule has 0 radical (unpaired) electrons. The molecule has 0 aromatic heterocycles. The number of hydrogen-bond acceptors (Lipinski definition) is 2. The first kappa shape index (κ1) is 12.2. The minimum atomic E-state index is -0.760. The molecule has 1 saturated heterocycles. The molecule has 0 unspecified atom stereocenters. The molecule has 0 amide bonds. The van der Waals surface area contributed by atoms with Gasteiger partial charge >= 0.3 is 0 Å². The van der Waals surface area contributed by atoms with Gasteiger partial charge in [-0.2, -0.15) is 0 Å². The van der Waals surface area contributed by atoms with E-state index in [1.807, 2.05) is 0 Å². The number of hydrogen-bond donors (Lipinski definition) is 1. The molecule has 1 aliphatic rings. The highest BCUT2D eigenvalue weighted by Gasteiger charge is 2.19. The number of rotatable bonds is 3. The molecule has 17 heavy (non-hydrogen) atoms. The third-order valence-corrected chi connectivity index (χ3v) is 3.16. The molecule has 1 aromatic carbocycles. The Balaban J connectivity index is 2.03. The van der Waals surface area contributed by atoms with Crippen molar-refractivity contribution in [2.75, 3.05) is 13.1 Å². The molecular formula is C13H15F2NO. The molecule has 1 N–H and O–H groups in total. The van der Waals surface area contributed by atoms with Crippen LogP contribution in [0.5, 0.6) is 0 Å². The SMILES string of the molecule is O=C(CC1CCNCC1)c1ccc(F)cc1F. The summed E-state index contributed by atoms with van der Waals surface area (Å²) in [7, 11) is 0. The van der Waals surface area contributed by atoms with Gasteiger partial charge in [-0.05, 0) is 44.0 Å². The first-order valence-electron chi connectivity index (χ1n) is 5.86. The molecule has 1 fully saturated rings. The Morgan fingerprint density at radius 1 is 1.29 bits per heavy atom. The zero-order valence-corrected chi connectivity index (χ0v) is 9.51. The van der Waals surface area contributed by atoms with Crippen LogP contribution in [-0.2, 0) is 0 Å². The number of halogens is 2. The summed E-state index contributed by atoms with van der Waals surface area (Å²) in [4.78, 5) is 11.9. The quantitative estimate of drug-likeness (QED) is 0.821. The van der Waals surface area contributed by atoms with Crippen LogP contribution in [0.25, 0.3) is 0 Å². The summed E-state index contributed by atoms with van der Waals surface area (Å²) in [6.45, 7) is 1.81. The Kier molecular flexibility index (Phi) is 3.84. The van der Waals surface area contributed by atoms with Gasteiger partial charge in [0.15, 0.2) is 5.78 Å². The average Bonchev–Trinajstić information content (AvgIpc) is 2.30. The van der Waals surface area contributed by atoms with Crippen molar-refractivity contribution in [1.82, 2.24) is 5.32 Å². The van der Waals surface area contributed by atoms with Gasteiger partial charge in [0.05, 0.1) is 5.56 Å². The lowest BCUT2D eigenvalue weighted by atomic mass is 9.90. The third kappa shape index (κ3) is 3.09. The van der Waals surface area contributed by atoms with Crippen molar-refractivity contribution < 1.29 is 13.6 Å². The summed E-state index contributed by atoms with van der Waals surface area (Å²) in [5.74, 6) is -1.33. The van der Waals surface area contributed by atoms with Gasteiger partial charge in [0.2, 0.25) is 0 Å². The molecule has 1 aromatic rings. The van der Waals surface area contributed by atoms with Crippen molar-refractivity contribution in [2.45, 2.75) is 19.3 Å². The molecule has 1 aliphatic heterocycles. The van der Waals surface area contributed by atoms with Crippen molar-refractivity contribution in [3.63, 3.8) is 0 Å². The predicted molar refractivity (Wildman–Crippen MR) is 60.9 cm³/mol. The van der Waals surface area contributed by atoms with Crippen LogP contribution in [0.3, 0.4) is 0 Å². The fourth-order valence-corrected chi connectivity index (χ4v) is 2.17. The van der Waals surface area contributed by atoms with Gasteiger partial charge in [-0.1, -0.05) is 0 Å². The largest absolute Gasteiger partial charge is 0.317 e. The second kappa shape index (κ2) is 5.36. The third-order valence-electron chi connectivity index (χ3n) is 3.16. The van der Waals surface area contributed by atoms with Crippen molar-refractivity contribution in [1.29, 1.82) is 0 Å². The van der Waals surface area contributed by atoms with E-state index in [2.05, 4.69) is 5.32 Å². The number of ketones is 1. The highest BCUT2D eigenvalue weighted by Crippen LogP contribution is 2.20. The number of carbonyl (C=O) groups excluding carboxylic acids is 1. The van der Waals surface area contributed by atoms with E-state index in [9.17, 15) is 13.6 Å². The Morgan fingerprint density at radius 3 is 2.65 bits per heavy atom. The molecule has 0 saturated carbocycles. The summed E-state index contributed by atoms with van der Waals surface area (Å²) in [5, 5.41) is 3.21. The molecule has 1 heterocycles. The minimum absolute atomic E-state index is 0.00457. The predicted octanol–water partition coefficient (Wildman–Crippen LogP) is 2.54. The molecular weight excluding hydrogens is 224 g/mol. The maximum Gasteiger partial charge on any atom is 0.166 e. The lowest BCUT2D eigenvalue weighted by Crippen LogP contribution is -2.29. The maximum absolute atomic E-state index is 13.4. The average molecular weight is 239 g/mol. The van der Waals surface area contributed by atoms with E-state index in [0.29, 0.717) is 12.3 Å². The zero-order valence-electron chi connectivity index (χ0n) is 9.51. The summed E-state index contributed by atoms with van der Waals surface area (Å²) >= 11 is 0. The normalized spacial score (nSPS) is 17.1. The Morgan fingerprint density at radius 2 is 2.00 bits per heavy atom. The summed E-state index contributed by atoms with van der Waals surface area (Å²) in [5.41, 5.74) is 0.00457. The van der Waals surface area contributed by atoms with Gasteiger partial charge in [-0.3, -0.25) is 4.79 Å². The number of nitrogens with one attached hydrogen (secondary N) is 1. The molecule has 92 valence electrons. The Bertz CT molecular complexity index is 414. The van der Waals surface area contributed by atoms with E-state index in [1.165, 1.54) is 6.07 Å². The minimum Gasteiger partial charge on any atom is -0.317 e. The maximum atomic E-state index is 13.4. The molecule has 2 rings (SSSR count). The highest BCUT2D eigenvalue weighted by atomic mass is 19.1. The van der Waals surface area contributed by atoms with Gasteiger partial charge < -0.3 is 5.32 Å².